The summed E-state index contributed by atoms with van der Waals surface area (Å²) >= 11 is 11.6. The number of rotatable bonds is 6. The highest BCUT2D eigenvalue weighted by Crippen LogP contribution is 2.30. The Kier molecular flexibility index (Phi) is 6.77. The van der Waals surface area contributed by atoms with Gasteiger partial charge in [-0.2, -0.15) is 0 Å². The van der Waals surface area contributed by atoms with Crippen molar-refractivity contribution in [1.82, 2.24) is 10.6 Å². The first-order valence-corrected chi connectivity index (χ1v) is 9.76. The van der Waals surface area contributed by atoms with E-state index in [9.17, 15) is 14.0 Å². The molecule has 2 aromatic carbocycles. The predicted octanol–water partition coefficient (Wildman–Crippen LogP) is 4.28. The van der Waals surface area contributed by atoms with Crippen molar-refractivity contribution in [3.8, 4) is 5.75 Å². The zero-order chi connectivity index (χ0) is 21.0. The van der Waals surface area contributed by atoms with Crippen molar-refractivity contribution in [2.75, 3.05) is 6.54 Å². The summed E-state index contributed by atoms with van der Waals surface area (Å²) in [7, 11) is 0. The summed E-state index contributed by atoms with van der Waals surface area (Å²) in [6.45, 7) is 4.04. The van der Waals surface area contributed by atoms with Gasteiger partial charge in [0, 0.05) is 29.2 Å². The van der Waals surface area contributed by atoms with Gasteiger partial charge in [-0.05, 0) is 54.8 Å². The molecule has 2 amide bonds. The number of carbonyl (C=O) groups excluding carboxylic acids is 2. The Balaban J connectivity index is 1.44. The molecule has 0 saturated heterocycles. The van der Waals surface area contributed by atoms with Crippen molar-refractivity contribution in [1.29, 1.82) is 0 Å². The standard InChI is InChI=1S/C21H19Cl2FN2O3/c1-12(26-20(27)14-2-5-16(23)17(24)11-14)8-9-25-21(28)19-6-3-13-10-15(22)4-7-18(13)29-19/h2,4-5,7,10-11,19H,1,3,6,8-9H2,(H,25,28)(H,26,27)/t19-/m1/s1. The van der Waals surface area contributed by atoms with Gasteiger partial charge in [0.1, 0.15) is 11.6 Å². The molecule has 0 radical (unpaired) electrons. The first-order valence-electron chi connectivity index (χ1n) is 9.00. The number of aryl methyl sites for hydroxylation is 1. The number of halogens is 3. The predicted molar refractivity (Wildman–Crippen MR) is 110 cm³/mol. The molecule has 5 nitrogen and oxygen atoms in total. The van der Waals surface area contributed by atoms with Crippen LogP contribution in [0.1, 0.15) is 28.8 Å². The number of nitrogens with one attached hydrogen (secondary N) is 2. The minimum atomic E-state index is -0.673. The second-order valence-corrected chi connectivity index (χ2v) is 7.47. The van der Waals surface area contributed by atoms with E-state index >= 15 is 0 Å². The SMILES string of the molecule is C=C(CCNC(=O)[C@H]1CCc2cc(Cl)ccc2O1)NC(=O)c1ccc(Cl)c(F)c1. The zero-order valence-corrected chi connectivity index (χ0v) is 16.9. The number of amides is 2. The summed E-state index contributed by atoms with van der Waals surface area (Å²) in [5.74, 6) is -0.742. The quantitative estimate of drug-likeness (QED) is 0.709. The van der Waals surface area contributed by atoms with Gasteiger partial charge in [-0.25, -0.2) is 4.39 Å². The van der Waals surface area contributed by atoms with Gasteiger partial charge in [-0.1, -0.05) is 29.8 Å². The lowest BCUT2D eigenvalue weighted by molar-refractivity contribution is -0.128. The fraction of sp³-hybridized carbons (Fsp3) is 0.238. The van der Waals surface area contributed by atoms with E-state index in [4.69, 9.17) is 27.9 Å². The average molecular weight is 437 g/mol. The minimum absolute atomic E-state index is 0.0567. The molecule has 0 aliphatic carbocycles. The molecule has 1 heterocycles. The van der Waals surface area contributed by atoms with Gasteiger partial charge in [-0.15, -0.1) is 0 Å². The van der Waals surface area contributed by atoms with Crippen molar-refractivity contribution in [3.63, 3.8) is 0 Å². The molecule has 0 saturated carbocycles. The minimum Gasteiger partial charge on any atom is -0.480 e. The number of hydrogen-bond donors (Lipinski definition) is 2. The maximum absolute atomic E-state index is 13.5. The van der Waals surface area contributed by atoms with Crippen molar-refractivity contribution >= 4 is 35.0 Å². The Labute approximate surface area is 177 Å². The zero-order valence-electron chi connectivity index (χ0n) is 15.4. The van der Waals surface area contributed by atoms with E-state index < -0.39 is 17.8 Å². The number of hydrogen-bond acceptors (Lipinski definition) is 3. The molecule has 0 bridgehead atoms. The molecule has 1 aliphatic rings. The molecule has 1 aliphatic heterocycles. The summed E-state index contributed by atoms with van der Waals surface area (Å²) in [6.07, 6.45) is 1.00. The molecule has 152 valence electrons. The lowest BCUT2D eigenvalue weighted by Crippen LogP contribution is -2.41. The Bertz CT molecular complexity index is 965. The fourth-order valence-electron chi connectivity index (χ4n) is 2.92. The Morgan fingerprint density at radius 2 is 2.00 bits per heavy atom. The van der Waals surface area contributed by atoms with Crippen LogP contribution in [-0.4, -0.2) is 24.5 Å². The van der Waals surface area contributed by atoms with E-state index in [-0.39, 0.29) is 23.0 Å². The van der Waals surface area contributed by atoms with Crippen LogP contribution in [0.3, 0.4) is 0 Å². The second kappa shape index (κ2) is 9.29. The van der Waals surface area contributed by atoms with Crippen LogP contribution in [0.4, 0.5) is 4.39 Å². The number of benzene rings is 2. The van der Waals surface area contributed by atoms with Crippen LogP contribution in [0.25, 0.3) is 0 Å². The molecular formula is C21H19Cl2FN2O3. The molecule has 8 heteroatoms. The molecule has 0 unspecified atom stereocenters. The third kappa shape index (κ3) is 5.49. The molecule has 3 rings (SSSR count). The lowest BCUT2D eigenvalue weighted by atomic mass is 10.0. The summed E-state index contributed by atoms with van der Waals surface area (Å²) in [4.78, 5) is 24.4. The topological polar surface area (TPSA) is 67.4 Å². The van der Waals surface area contributed by atoms with E-state index in [0.717, 1.165) is 11.6 Å². The molecule has 2 aromatic rings. The lowest BCUT2D eigenvalue weighted by Gasteiger charge is -2.25. The van der Waals surface area contributed by atoms with E-state index in [1.165, 1.54) is 12.1 Å². The van der Waals surface area contributed by atoms with E-state index in [0.29, 0.717) is 35.7 Å². The number of carbonyl (C=O) groups is 2. The third-order valence-corrected chi connectivity index (χ3v) is 5.00. The van der Waals surface area contributed by atoms with Gasteiger partial charge in [0.2, 0.25) is 0 Å². The van der Waals surface area contributed by atoms with Crippen molar-refractivity contribution in [2.45, 2.75) is 25.4 Å². The van der Waals surface area contributed by atoms with Crippen LogP contribution < -0.4 is 15.4 Å². The average Bonchev–Trinajstić information content (AvgIpc) is 2.69. The summed E-state index contributed by atoms with van der Waals surface area (Å²) < 4.78 is 19.2. The first-order chi connectivity index (χ1) is 13.8. The van der Waals surface area contributed by atoms with Crippen LogP contribution in [0, 0.1) is 5.82 Å². The molecule has 0 fully saturated rings. The first kappa shape index (κ1) is 21.1. The van der Waals surface area contributed by atoms with Gasteiger partial charge >= 0.3 is 0 Å². The van der Waals surface area contributed by atoms with Crippen molar-refractivity contribution < 1.29 is 18.7 Å². The third-order valence-electron chi connectivity index (χ3n) is 4.46. The van der Waals surface area contributed by atoms with Crippen molar-refractivity contribution in [2.24, 2.45) is 0 Å². The van der Waals surface area contributed by atoms with Crippen LogP contribution in [0.5, 0.6) is 5.75 Å². The summed E-state index contributed by atoms with van der Waals surface area (Å²) in [5, 5.41) is 5.93. The maximum atomic E-state index is 13.5. The van der Waals surface area contributed by atoms with Crippen molar-refractivity contribution in [3.05, 3.63) is 75.7 Å². The van der Waals surface area contributed by atoms with Gasteiger partial charge in [-0.3, -0.25) is 9.59 Å². The van der Waals surface area contributed by atoms with Crippen LogP contribution in [0.15, 0.2) is 48.7 Å². The van der Waals surface area contributed by atoms with E-state index in [1.807, 2.05) is 6.07 Å². The van der Waals surface area contributed by atoms with Gasteiger partial charge in [0.05, 0.1) is 5.02 Å². The Morgan fingerprint density at radius 3 is 2.76 bits per heavy atom. The molecule has 29 heavy (non-hydrogen) atoms. The monoisotopic (exact) mass is 436 g/mol. The van der Waals surface area contributed by atoms with Gasteiger partial charge in [0.25, 0.3) is 11.8 Å². The van der Waals surface area contributed by atoms with Gasteiger partial charge < -0.3 is 15.4 Å². The Hall–Kier alpha value is -2.57. The molecule has 2 N–H and O–H groups in total. The maximum Gasteiger partial charge on any atom is 0.261 e. The Morgan fingerprint density at radius 1 is 1.21 bits per heavy atom. The van der Waals surface area contributed by atoms with Crippen LogP contribution >= 0.6 is 23.2 Å². The van der Waals surface area contributed by atoms with Crippen LogP contribution in [0.2, 0.25) is 10.0 Å². The van der Waals surface area contributed by atoms with E-state index in [2.05, 4.69) is 17.2 Å². The number of fused-ring (bicyclic) bond motifs is 1. The largest absolute Gasteiger partial charge is 0.480 e. The highest BCUT2D eigenvalue weighted by molar-refractivity contribution is 6.31. The highest BCUT2D eigenvalue weighted by atomic mass is 35.5. The molecular weight excluding hydrogens is 418 g/mol. The summed E-state index contributed by atoms with van der Waals surface area (Å²) in [6, 6.07) is 9.10. The number of ether oxygens (including phenoxy) is 1. The normalized spacial score (nSPS) is 15.1. The second-order valence-electron chi connectivity index (χ2n) is 6.62. The van der Waals surface area contributed by atoms with Gasteiger partial charge in [0.15, 0.2) is 6.10 Å². The highest BCUT2D eigenvalue weighted by Gasteiger charge is 2.26. The fourth-order valence-corrected chi connectivity index (χ4v) is 3.24. The van der Waals surface area contributed by atoms with Crippen LogP contribution in [-0.2, 0) is 11.2 Å². The summed E-state index contributed by atoms with van der Waals surface area (Å²) in [5.41, 5.74) is 1.51. The smallest absolute Gasteiger partial charge is 0.261 e. The van der Waals surface area contributed by atoms with E-state index in [1.54, 1.807) is 12.1 Å². The molecule has 0 spiro atoms. The molecule has 1 atom stereocenters. The molecule has 0 aromatic heterocycles.